The van der Waals surface area contributed by atoms with Gasteiger partial charge in [-0.2, -0.15) is 0 Å². The predicted octanol–water partition coefficient (Wildman–Crippen LogP) is 2.05. The summed E-state index contributed by atoms with van der Waals surface area (Å²) in [7, 11) is 0. The Morgan fingerprint density at radius 1 is 1.24 bits per heavy atom. The highest BCUT2D eigenvalue weighted by Crippen LogP contribution is 2.33. The van der Waals surface area contributed by atoms with Crippen molar-refractivity contribution in [3.05, 3.63) is 35.9 Å². The average Bonchev–Trinajstić information content (AvgIpc) is 3.01. The van der Waals surface area contributed by atoms with E-state index in [-0.39, 0.29) is 36.4 Å². The summed E-state index contributed by atoms with van der Waals surface area (Å²) >= 11 is 0. The second-order valence-corrected chi connectivity index (χ2v) is 5.65. The molecule has 2 heterocycles. The molecule has 2 fully saturated rings. The van der Waals surface area contributed by atoms with Crippen LogP contribution in [0.3, 0.4) is 0 Å². The fraction of sp³-hybridized carbons (Fsp3) is 0.562. The lowest BCUT2D eigenvalue weighted by Gasteiger charge is -2.32. The minimum Gasteiger partial charge on any atom is -0.373 e. The molecule has 4 nitrogen and oxygen atoms in total. The summed E-state index contributed by atoms with van der Waals surface area (Å²) in [5, 5.41) is 6.44. The first-order valence-electron chi connectivity index (χ1n) is 7.52. The average molecular weight is 311 g/mol. The molecule has 0 aliphatic carbocycles. The standard InChI is InChI=1S/C16H22N2O2.ClH/c19-16(18-13-8-9-17-11-13)14-7-4-10-20-15(14)12-5-2-1-3-6-12;/h1-3,5-6,13-15,17H,4,7-11H2,(H,18,19);1H. The smallest absolute Gasteiger partial charge is 0.226 e. The van der Waals surface area contributed by atoms with E-state index < -0.39 is 0 Å². The lowest BCUT2D eigenvalue weighted by Crippen LogP contribution is -2.43. The fourth-order valence-electron chi connectivity index (χ4n) is 3.11. The van der Waals surface area contributed by atoms with Crippen molar-refractivity contribution in [2.75, 3.05) is 19.7 Å². The predicted molar refractivity (Wildman–Crippen MR) is 84.5 cm³/mol. The van der Waals surface area contributed by atoms with E-state index in [4.69, 9.17) is 4.74 Å². The fourth-order valence-corrected chi connectivity index (χ4v) is 3.11. The van der Waals surface area contributed by atoms with Crippen LogP contribution in [0.25, 0.3) is 0 Å². The summed E-state index contributed by atoms with van der Waals surface area (Å²) in [6, 6.07) is 10.4. The Bertz CT molecular complexity index is 449. The van der Waals surface area contributed by atoms with Gasteiger partial charge >= 0.3 is 0 Å². The zero-order chi connectivity index (χ0) is 13.8. The number of amides is 1. The molecule has 0 saturated carbocycles. The molecular formula is C16H23ClN2O2. The molecule has 2 N–H and O–H groups in total. The molecular weight excluding hydrogens is 288 g/mol. The highest BCUT2D eigenvalue weighted by Gasteiger charge is 2.34. The first-order valence-corrected chi connectivity index (χ1v) is 7.52. The summed E-state index contributed by atoms with van der Waals surface area (Å²) in [4.78, 5) is 12.5. The minimum absolute atomic E-state index is 0. The molecule has 1 aromatic carbocycles. The van der Waals surface area contributed by atoms with E-state index in [9.17, 15) is 4.79 Å². The zero-order valence-corrected chi connectivity index (χ0v) is 12.9. The Morgan fingerprint density at radius 2 is 2.05 bits per heavy atom. The van der Waals surface area contributed by atoms with Crippen LogP contribution >= 0.6 is 12.4 Å². The molecule has 1 aromatic rings. The monoisotopic (exact) mass is 310 g/mol. The van der Waals surface area contributed by atoms with Gasteiger partial charge in [0, 0.05) is 19.2 Å². The first kappa shape index (κ1) is 16.3. The van der Waals surface area contributed by atoms with Crippen LogP contribution in [0.2, 0.25) is 0 Å². The van der Waals surface area contributed by atoms with Gasteiger partial charge < -0.3 is 15.4 Å². The number of halogens is 1. The van der Waals surface area contributed by atoms with Crippen molar-refractivity contribution < 1.29 is 9.53 Å². The topological polar surface area (TPSA) is 50.4 Å². The van der Waals surface area contributed by atoms with Gasteiger partial charge in [-0.3, -0.25) is 4.79 Å². The van der Waals surface area contributed by atoms with E-state index in [1.807, 2.05) is 30.3 Å². The number of hydrogen-bond donors (Lipinski definition) is 2. The second-order valence-electron chi connectivity index (χ2n) is 5.65. The highest BCUT2D eigenvalue weighted by atomic mass is 35.5. The Labute approximate surface area is 132 Å². The molecule has 0 radical (unpaired) electrons. The molecule has 0 spiro atoms. The highest BCUT2D eigenvalue weighted by molar-refractivity contribution is 5.85. The summed E-state index contributed by atoms with van der Waals surface area (Å²) in [6.07, 6.45) is 2.80. The number of ether oxygens (including phenoxy) is 1. The quantitative estimate of drug-likeness (QED) is 0.898. The van der Waals surface area contributed by atoms with E-state index >= 15 is 0 Å². The van der Waals surface area contributed by atoms with Crippen LogP contribution in [0, 0.1) is 5.92 Å². The molecule has 3 atom stereocenters. The van der Waals surface area contributed by atoms with E-state index in [1.54, 1.807) is 0 Å². The normalized spacial score (nSPS) is 28.7. The van der Waals surface area contributed by atoms with Crippen LogP contribution in [0.15, 0.2) is 30.3 Å². The van der Waals surface area contributed by atoms with Gasteiger partial charge in [0.25, 0.3) is 0 Å². The molecule has 2 saturated heterocycles. The molecule has 5 heteroatoms. The summed E-state index contributed by atoms with van der Waals surface area (Å²) in [5.41, 5.74) is 1.11. The lowest BCUT2D eigenvalue weighted by molar-refractivity contribution is -0.135. The van der Waals surface area contributed by atoms with Gasteiger partial charge in [-0.25, -0.2) is 0 Å². The lowest BCUT2D eigenvalue weighted by atomic mass is 9.88. The number of rotatable bonds is 3. The summed E-state index contributed by atoms with van der Waals surface area (Å²) in [6.45, 7) is 2.62. The molecule has 3 rings (SSSR count). The first-order chi connectivity index (χ1) is 9.84. The van der Waals surface area contributed by atoms with Crippen LogP contribution < -0.4 is 10.6 Å². The maximum absolute atomic E-state index is 12.5. The molecule has 2 aliphatic heterocycles. The van der Waals surface area contributed by atoms with Crippen LogP contribution in [0.5, 0.6) is 0 Å². The van der Waals surface area contributed by atoms with Gasteiger partial charge in [0.2, 0.25) is 5.91 Å². The number of nitrogens with one attached hydrogen (secondary N) is 2. The van der Waals surface area contributed by atoms with Crippen molar-refractivity contribution in [1.82, 2.24) is 10.6 Å². The maximum atomic E-state index is 12.5. The van der Waals surface area contributed by atoms with Crippen molar-refractivity contribution in [3.63, 3.8) is 0 Å². The molecule has 116 valence electrons. The van der Waals surface area contributed by atoms with Crippen LogP contribution in [0.1, 0.15) is 30.9 Å². The van der Waals surface area contributed by atoms with E-state index in [0.717, 1.165) is 44.5 Å². The number of hydrogen-bond acceptors (Lipinski definition) is 3. The largest absolute Gasteiger partial charge is 0.373 e. The van der Waals surface area contributed by atoms with Crippen molar-refractivity contribution >= 4 is 18.3 Å². The van der Waals surface area contributed by atoms with Crippen molar-refractivity contribution in [2.24, 2.45) is 5.92 Å². The van der Waals surface area contributed by atoms with Gasteiger partial charge in [-0.1, -0.05) is 30.3 Å². The van der Waals surface area contributed by atoms with Gasteiger partial charge in [0.15, 0.2) is 0 Å². The molecule has 21 heavy (non-hydrogen) atoms. The minimum atomic E-state index is -0.0979. The zero-order valence-electron chi connectivity index (χ0n) is 12.1. The summed E-state index contributed by atoms with van der Waals surface area (Å²) < 4.78 is 5.89. The van der Waals surface area contributed by atoms with E-state index in [2.05, 4.69) is 10.6 Å². The number of carbonyl (C=O) groups excluding carboxylic acids is 1. The maximum Gasteiger partial charge on any atom is 0.226 e. The van der Waals surface area contributed by atoms with Crippen molar-refractivity contribution in [2.45, 2.75) is 31.4 Å². The van der Waals surface area contributed by atoms with Crippen LogP contribution in [0.4, 0.5) is 0 Å². The molecule has 3 unspecified atom stereocenters. The van der Waals surface area contributed by atoms with Crippen LogP contribution in [-0.2, 0) is 9.53 Å². The Hall–Kier alpha value is -1.10. The van der Waals surface area contributed by atoms with Gasteiger partial charge in [-0.15, -0.1) is 12.4 Å². The van der Waals surface area contributed by atoms with Gasteiger partial charge in [0.1, 0.15) is 0 Å². The van der Waals surface area contributed by atoms with Gasteiger partial charge in [-0.05, 0) is 31.4 Å². The summed E-state index contributed by atoms with van der Waals surface area (Å²) in [5.74, 6) is 0.0824. The van der Waals surface area contributed by atoms with Gasteiger partial charge in [0.05, 0.1) is 12.0 Å². The van der Waals surface area contributed by atoms with E-state index in [1.165, 1.54) is 0 Å². The third-order valence-corrected chi connectivity index (χ3v) is 4.19. The Kier molecular flexibility index (Phi) is 6.03. The molecule has 0 bridgehead atoms. The SMILES string of the molecule is Cl.O=C(NC1CCNC1)C1CCCOC1c1ccccc1. The van der Waals surface area contributed by atoms with Crippen LogP contribution in [-0.4, -0.2) is 31.6 Å². The third-order valence-electron chi connectivity index (χ3n) is 4.19. The molecule has 1 amide bonds. The molecule has 0 aromatic heterocycles. The van der Waals surface area contributed by atoms with Crippen molar-refractivity contribution in [1.29, 1.82) is 0 Å². The van der Waals surface area contributed by atoms with Crippen molar-refractivity contribution in [3.8, 4) is 0 Å². The Balaban J connectivity index is 0.00000161. The Morgan fingerprint density at radius 3 is 2.76 bits per heavy atom. The third kappa shape index (κ3) is 3.96. The second kappa shape index (κ2) is 7.78. The number of carbonyl (C=O) groups is 1. The van der Waals surface area contributed by atoms with E-state index in [0.29, 0.717) is 0 Å². The number of benzene rings is 1. The molecule has 2 aliphatic rings.